The molecule has 0 bridgehead atoms. The first-order valence-corrected chi connectivity index (χ1v) is 7.02. The molecule has 0 radical (unpaired) electrons. The second kappa shape index (κ2) is 5.80. The van der Waals surface area contributed by atoms with Gasteiger partial charge in [-0.2, -0.15) is 0 Å². The SMILES string of the molecule is Cc1[nH]c(C(C)C)c(CN(C)C)c1-c1ccc(F)cc1. The van der Waals surface area contributed by atoms with E-state index in [0.717, 1.165) is 17.8 Å². The number of halogens is 1. The highest BCUT2D eigenvalue weighted by atomic mass is 19.1. The highest BCUT2D eigenvalue weighted by molar-refractivity contribution is 5.71. The van der Waals surface area contributed by atoms with Gasteiger partial charge in [0.25, 0.3) is 0 Å². The van der Waals surface area contributed by atoms with Crippen molar-refractivity contribution in [3.63, 3.8) is 0 Å². The molecular weight excluding hydrogens is 251 g/mol. The number of benzene rings is 1. The lowest BCUT2D eigenvalue weighted by atomic mass is 9.97. The Labute approximate surface area is 120 Å². The second-order valence-electron chi connectivity index (χ2n) is 5.92. The van der Waals surface area contributed by atoms with E-state index < -0.39 is 0 Å². The molecule has 1 aromatic heterocycles. The number of aromatic amines is 1. The maximum Gasteiger partial charge on any atom is 0.123 e. The molecule has 0 saturated carbocycles. The van der Waals surface area contributed by atoms with Crippen molar-refractivity contribution in [2.24, 2.45) is 0 Å². The van der Waals surface area contributed by atoms with E-state index in [1.54, 1.807) is 0 Å². The quantitative estimate of drug-likeness (QED) is 0.880. The molecule has 0 fully saturated rings. The third kappa shape index (κ3) is 2.93. The molecule has 0 aliphatic heterocycles. The Morgan fingerprint density at radius 2 is 1.75 bits per heavy atom. The van der Waals surface area contributed by atoms with Crippen LogP contribution in [0.3, 0.4) is 0 Å². The van der Waals surface area contributed by atoms with Gasteiger partial charge in [0.05, 0.1) is 0 Å². The number of rotatable bonds is 4. The van der Waals surface area contributed by atoms with Crippen LogP contribution in [0.2, 0.25) is 0 Å². The fourth-order valence-electron chi connectivity index (χ4n) is 2.68. The third-order valence-electron chi connectivity index (χ3n) is 3.51. The highest BCUT2D eigenvalue weighted by Crippen LogP contribution is 2.34. The van der Waals surface area contributed by atoms with Gasteiger partial charge < -0.3 is 9.88 Å². The summed E-state index contributed by atoms with van der Waals surface area (Å²) in [5, 5.41) is 0. The standard InChI is InChI=1S/C17H23FN2/c1-11(2)17-15(10-20(4)5)16(12(3)19-17)13-6-8-14(18)9-7-13/h6-9,11,19H,10H2,1-5H3. The van der Waals surface area contributed by atoms with Crippen LogP contribution in [0, 0.1) is 12.7 Å². The van der Waals surface area contributed by atoms with Crippen molar-refractivity contribution in [2.45, 2.75) is 33.2 Å². The topological polar surface area (TPSA) is 19.0 Å². The van der Waals surface area contributed by atoms with E-state index in [9.17, 15) is 4.39 Å². The minimum absolute atomic E-state index is 0.194. The Bertz CT molecular complexity index is 580. The first-order valence-electron chi connectivity index (χ1n) is 7.02. The van der Waals surface area contributed by atoms with Crippen molar-refractivity contribution in [1.29, 1.82) is 0 Å². The average molecular weight is 274 g/mol. The van der Waals surface area contributed by atoms with Gasteiger partial charge in [-0.05, 0) is 50.2 Å². The maximum atomic E-state index is 13.1. The summed E-state index contributed by atoms with van der Waals surface area (Å²) >= 11 is 0. The van der Waals surface area contributed by atoms with Gasteiger partial charge in [-0.1, -0.05) is 26.0 Å². The Balaban J connectivity index is 2.58. The Morgan fingerprint density at radius 3 is 2.25 bits per heavy atom. The molecule has 0 spiro atoms. The van der Waals surface area contributed by atoms with Crippen LogP contribution in [0.5, 0.6) is 0 Å². The number of nitrogens with one attached hydrogen (secondary N) is 1. The maximum absolute atomic E-state index is 13.1. The molecular formula is C17H23FN2. The summed E-state index contributed by atoms with van der Waals surface area (Å²) in [6.45, 7) is 7.35. The van der Waals surface area contributed by atoms with Gasteiger partial charge in [-0.15, -0.1) is 0 Å². The smallest absolute Gasteiger partial charge is 0.123 e. The van der Waals surface area contributed by atoms with Crippen molar-refractivity contribution in [3.05, 3.63) is 47.0 Å². The summed E-state index contributed by atoms with van der Waals surface area (Å²) in [7, 11) is 4.14. The van der Waals surface area contributed by atoms with Crippen LogP contribution in [-0.4, -0.2) is 24.0 Å². The predicted molar refractivity (Wildman–Crippen MR) is 82.4 cm³/mol. The van der Waals surface area contributed by atoms with Gasteiger partial charge in [0.15, 0.2) is 0 Å². The van der Waals surface area contributed by atoms with E-state index in [2.05, 4.69) is 44.8 Å². The van der Waals surface area contributed by atoms with Crippen molar-refractivity contribution in [3.8, 4) is 11.1 Å². The van der Waals surface area contributed by atoms with Crippen LogP contribution in [0.1, 0.15) is 36.7 Å². The summed E-state index contributed by atoms with van der Waals surface area (Å²) < 4.78 is 13.1. The lowest BCUT2D eigenvalue weighted by Crippen LogP contribution is -2.12. The van der Waals surface area contributed by atoms with E-state index >= 15 is 0 Å². The van der Waals surface area contributed by atoms with E-state index in [-0.39, 0.29) is 5.82 Å². The van der Waals surface area contributed by atoms with Crippen molar-refractivity contribution >= 4 is 0 Å². The van der Waals surface area contributed by atoms with Crippen LogP contribution < -0.4 is 0 Å². The minimum Gasteiger partial charge on any atom is -0.361 e. The van der Waals surface area contributed by atoms with Crippen molar-refractivity contribution < 1.29 is 4.39 Å². The molecule has 20 heavy (non-hydrogen) atoms. The molecule has 3 heteroatoms. The fraction of sp³-hybridized carbons (Fsp3) is 0.412. The Hall–Kier alpha value is -1.61. The molecule has 1 N–H and O–H groups in total. The zero-order valence-corrected chi connectivity index (χ0v) is 12.9. The van der Waals surface area contributed by atoms with Crippen molar-refractivity contribution in [2.75, 3.05) is 14.1 Å². The van der Waals surface area contributed by atoms with Gasteiger partial charge in [0.1, 0.15) is 5.82 Å². The summed E-state index contributed by atoms with van der Waals surface area (Å²) in [6.07, 6.45) is 0. The Morgan fingerprint density at radius 1 is 1.15 bits per heavy atom. The fourth-order valence-corrected chi connectivity index (χ4v) is 2.68. The van der Waals surface area contributed by atoms with Gasteiger partial charge in [0.2, 0.25) is 0 Å². The summed E-state index contributed by atoms with van der Waals surface area (Å²) in [6, 6.07) is 6.76. The molecule has 1 heterocycles. The number of hydrogen-bond acceptors (Lipinski definition) is 1. The third-order valence-corrected chi connectivity index (χ3v) is 3.51. The van der Waals surface area contributed by atoms with Crippen LogP contribution in [0.15, 0.2) is 24.3 Å². The van der Waals surface area contributed by atoms with Crippen molar-refractivity contribution in [1.82, 2.24) is 9.88 Å². The van der Waals surface area contributed by atoms with Crippen LogP contribution in [0.25, 0.3) is 11.1 Å². The second-order valence-corrected chi connectivity index (χ2v) is 5.92. The molecule has 0 amide bonds. The molecule has 0 aliphatic carbocycles. The summed E-state index contributed by atoms with van der Waals surface area (Å²) in [4.78, 5) is 5.68. The lowest BCUT2D eigenvalue weighted by Gasteiger charge is -2.15. The zero-order valence-electron chi connectivity index (χ0n) is 12.9. The molecule has 2 aromatic rings. The first-order chi connectivity index (χ1) is 9.40. The molecule has 2 nitrogen and oxygen atoms in total. The predicted octanol–water partition coefficient (Wildman–Crippen LogP) is 4.31. The normalized spacial score (nSPS) is 11.6. The lowest BCUT2D eigenvalue weighted by molar-refractivity contribution is 0.401. The number of nitrogens with zero attached hydrogens (tertiary/aromatic N) is 1. The number of H-pyrrole nitrogens is 1. The summed E-state index contributed by atoms with van der Waals surface area (Å²) in [5.41, 5.74) is 6.02. The molecule has 108 valence electrons. The Kier molecular flexibility index (Phi) is 4.29. The van der Waals surface area contributed by atoms with Gasteiger partial charge >= 0.3 is 0 Å². The van der Waals surface area contributed by atoms with Gasteiger partial charge in [0, 0.05) is 23.5 Å². The van der Waals surface area contributed by atoms with E-state index in [1.165, 1.54) is 29.0 Å². The molecule has 2 rings (SSSR count). The van der Waals surface area contributed by atoms with Crippen LogP contribution in [-0.2, 0) is 6.54 Å². The monoisotopic (exact) mass is 274 g/mol. The molecule has 0 saturated heterocycles. The number of hydrogen-bond donors (Lipinski definition) is 1. The minimum atomic E-state index is -0.194. The molecule has 0 atom stereocenters. The van der Waals surface area contributed by atoms with Gasteiger partial charge in [-0.25, -0.2) is 4.39 Å². The highest BCUT2D eigenvalue weighted by Gasteiger charge is 2.18. The molecule has 0 unspecified atom stereocenters. The number of aryl methyl sites for hydroxylation is 1. The molecule has 0 aliphatic rings. The van der Waals surface area contributed by atoms with Crippen LogP contribution >= 0.6 is 0 Å². The van der Waals surface area contributed by atoms with E-state index in [0.29, 0.717) is 5.92 Å². The van der Waals surface area contributed by atoms with Crippen LogP contribution in [0.4, 0.5) is 4.39 Å². The van der Waals surface area contributed by atoms with Gasteiger partial charge in [-0.3, -0.25) is 0 Å². The average Bonchev–Trinajstić information content (AvgIpc) is 2.67. The molecule has 1 aromatic carbocycles. The zero-order chi connectivity index (χ0) is 14.9. The largest absolute Gasteiger partial charge is 0.361 e. The number of aromatic nitrogens is 1. The first kappa shape index (κ1) is 14.8. The summed E-state index contributed by atoms with van der Waals surface area (Å²) in [5.74, 6) is 0.248. The van der Waals surface area contributed by atoms with E-state index in [1.807, 2.05) is 12.1 Å². The van der Waals surface area contributed by atoms with E-state index in [4.69, 9.17) is 0 Å².